The Hall–Kier alpha value is -3.06. The molecule has 2 amide bonds. The van der Waals surface area contributed by atoms with Gasteiger partial charge in [0.25, 0.3) is 0 Å². The molecule has 28 heavy (non-hydrogen) atoms. The molecule has 0 aromatic heterocycles. The maximum atomic E-state index is 12.2. The molecule has 0 radical (unpaired) electrons. The first kappa shape index (κ1) is 21.2. The molecule has 0 atom stereocenters. The highest BCUT2D eigenvalue weighted by Gasteiger charge is 2.04. The first-order chi connectivity index (χ1) is 13.6. The number of benzene rings is 2. The fraction of sp³-hybridized carbons (Fsp3) is 0.333. The quantitative estimate of drug-likeness (QED) is 0.515. The van der Waals surface area contributed by atoms with E-state index >= 15 is 0 Å². The molecule has 0 unspecified atom stereocenters. The molecule has 7 nitrogen and oxygen atoms in total. The zero-order valence-corrected chi connectivity index (χ0v) is 16.3. The second-order valence-electron chi connectivity index (χ2n) is 5.95. The molecule has 150 valence electrons. The molecule has 0 fully saturated rings. The van der Waals surface area contributed by atoms with Crippen LogP contribution >= 0.6 is 0 Å². The van der Waals surface area contributed by atoms with E-state index in [4.69, 9.17) is 9.47 Å². The number of carbonyl (C=O) groups excluding carboxylic acids is 2. The van der Waals surface area contributed by atoms with Gasteiger partial charge in [-0.15, -0.1) is 0 Å². The molecule has 7 heteroatoms. The standard InChI is InChI=1S/C21H27N3O4/c1-3-20(25)23-17-10-8-16(9-11-17)22-15-21(26)24-18-6-5-7-19(14-18)28-13-12-27-4-2/h5-11,14,22H,3-4,12-13,15H2,1-2H3,(H,23,25)(H,24,26). The van der Waals surface area contributed by atoms with Crippen LogP contribution in [0.1, 0.15) is 20.3 Å². The molecule has 3 N–H and O–H groups in total. The third kappa shape index (κ3) is 7.67. The van der Waals surface area contributed by atoms with E-state index in [1.807, 2.05) is 31.2 Å². The number of ether oxygens (including phenoxy) is 2. The Morgan fingerprint density at radius 3 is 2.29 bits per heavy atom. The summed E-state index contributed by atoms with van der Waals surface area (Å²) in [5.41, 5.74) is 2.18. The lowest BCUT2D eigenvalue weighted by Gasteiger charge is -2.11. The van der Waals surface area contributed by atoms with Crippen molar-refractivity contribution in [1.82, 2.24) is 0 Å². The molecular weight excluding hydrogens is 358 g/mol. The van der Waals surface area contributed by atoms with Crippen molar-refractivity contribution >= 4 is 28.9 Å². The van der Waals surface area contributed by atoms with Gasteiger partial charge in [0.05, 0.1) is 13.2 Å². The van der Waals surface area contributed by atoms with Crippen LogP contribution in [0.3, 0.4) is 0 Å². The second kappa shape index (κ2) is 11.6. The van der Waals surface area contributed by atoms with Crippen molar-refractivity contribution in [2.24, 2.45) is 0 Å². The van der Waals surface area contributed by atoms with Crippen molar-refractivity contribution in [3.05, 3.63) is 48.5 Å². The monoisotopic (exact) mass is 385 g/mol. The van der Waals surface area contributed by atoms with Crippen LogP contribution in [0, 0.1) is 0 Å². The van der Waals surface area contributed by atoms with Gasteiger partial charge < -0.3 is 25.4 Å². The summed E-state index contributed by atoms with van der Waals surface area (Å²) in [6.07, 6.45) is 0.429. The minimum Gasteiger partial charge on any atom is -0.491 e. The van der Waals surface area contributed by atoms with Crippen LogP contribution < -0.4 is 20.7 Å². The van der Waals surface area contributed by atoms with E-state index in [2.05, 4.69) is 16.0 Å². The highest BCUT2D eigenvalue weighted by atomic mass is 16.5. The third-order valence-electron chi connectivity index (χ3n) is 3.76. The summed E-state index contributed by atoms with van der Waals surface area (Å²) in [7, 11) is 0. The molecule has 0 aliphatic rings. The van der Waals surface area contributed by atoms with Crippen LogP contribution in [0.2, 0.25) is 0 Å². The van der Waals surface area contributed by atoms with Gasteiger partial charge in [0, 0.05) is 36.2 Å². The summed E-state index contributed by atoms with van der Waals surface area (Å²) >= 11 is 0. The van der Waals surface area contributed by atoms with Gasteiger partial charge in [-0.3, -0.25) is 9.59 Å². The molecule has 2 rings (SSSR count). The zero-order valence-electron chi connectivity index (χ0n) is 16.3. The highest BCUT2D eigenvalue weighted by Crippen LogP contribution is 2.17. The Kier molecular flexibility index (Phi) is 8.81. The summed E-state index contributed by atoms with van der Waals surface area (Å²) in [6, 6.07) is 14.4. The first-order valence-electron chi connectivity index (χ1n) is 9.35. The van der Waals surface area contributed by atoms with E-state index in [1.165, 1.54) is 0 Å². The van der Waals surface area contributed by atoms with Crippen LogP contribution in [0.15, 0.2) is 48.5 Å². The van der Waals surface area contributed by atoms with Crippen molar-refractivity contribution < 1.29 is 19.1 Å². The van der Waals surface area contributed by atoms with Gasteiger partial charge in [-0.1, -0.05) is 13.0 Å². The van der Waals surface area contributed by atoms with Gasteiger partial charge in [0.15, 0.2) is 0 Å². The highest BCUT2D eigenvalue weighted by molar-refractivity contribution is 5.94. The van der Waals surface area contributed by atoms with Crippen molar-refractivity contribution in [1.29, 1.82) is 0 Å². The predicted molar refractivity (Wildman–Crippen MR) is 111 cm³/mol. The largest absolute Gasteiger partial charge is 0.491 e. The molecule has 0 aliphatic carbocycles. The Morgan fingerprint density at radius 1 is 0.857 bits per heavy atom. The average Bonchev–Trinajstić information content (AvgIpc) is 2.71. The number of amides is 2. The van der Waals surface area contributed by atoms with Crippen molar-refractivity contribution in [2.75, 3.05) is 42.3 Å². The molecule has 0 bridgehead atoms. The normalized spacial score (nSPS) is 10.2. The Morgan fingerprint density at radius 2 is 1.57 bits per heavy atom. The average molecular weight is 385 g/mol. The first-order valence-corrected chi connectivity index (χ1v) is 9.35. The third-order valence-corrected chi connectivity index (χ3v) is 3.76. The number of nitrogens with one attached hydrogen (secondary N) is 3. The van der Waals surface area contributed by atoms with Gasteiger partial charge in [-0.05, 0) is 43.3 Å². The zero-order chi connectivity index (χ0) is 20.2. The van der Waals surface area contributed by atoms with Crippen molar-refractivity contribution in [2.45, 2.75) is 20.3 Å². The fourth-order valence-electron chi connectivity index (χ4n) is 2.33. The van der Waals surface area contributed by atoms with E-state index in [9.17, 15) is 9.59 Å². The summed E-state index contributed by atoms with van der Waals surface area (Å²) in [5.74, 6) is 0.467. The van der Waals surface area contributed by atoms with Crippen molar-refractivity contribution in [3.63, 3.8) is 0 Å². The summed E-state index contributed by atoms with van der Waals surface area (Å²) in [4.78, 5) is 23.5. The molecule has 0 saturated heterocycles. The van der Waals surface area contributed by atoms with Crippen LogP contribution in [-0.4, -0.2) is 38.2 Å². The summed E-state index contributed by atoms with van der Waals surface area (Å²) in [6.45, 7) is 5.49. The van der Waals surface area contributed by atoms with E-state index in [0.717, 1.165) is 11.4 Å². The second-order valence-corrected chi connectivity index (χ2v) is 5.95. The predicted octanol–water partition coefficient (Wildman–Crippen LogP) is 3.50. The lowest BCUT2D eigenvalue weighted by atomic mass is 10.2. The molecule has 2 aromatic rings. The minimum absolute atomic E-state index is 0.0378. The van der Waals surface area contributed by atoms with Crippen LogP contribution in [-0.2, 0) is 14.3 Å². The lowest BCUT2D eigenvalue weighted by molar-refractivity contribution is -0.116. The van der Waals surface area contributed by atoms with E-state index < -0.39 is 0 Å². The minimum atomic E-state index is -0.171. The summed E-state index contributed by atoms with van der Waals surface area (Å²) in [5, 5.41) is 8.66. The SMILES string of the molecule is CCOCCOc1cccc(NC(=O)CNc2ccc(NC(=O)CC)cc2)c1. The van der Waals surface area contributed by atoms with Gasteiger partial charge in [0.1, 0.15) is 12.4 Å². The lowest BCUT2D eigenvalue weighted by Crippen LogP contribution is -2.21. The Bertz CT molecular complexity index is 763. The van der Waals surface area contributed by atoms with E-state index in [1.54, 1.807) is 31.2 Å². The molecule has 2 aromatic carbocycles. The maximum Gasteiger partial charge on any atom is 0.243 e. The number of hydrogen-bond acceptors (Lipinski definition) is 5. The van der Waals surface area contributed by atoms with Crippen LogP contribution in [0.25, 0.3) is 0 Å². The van der Waals surface area contributed by atoms with Crippen LogP contribution in [0.4, 0.5) is 17.1 Å². The molecule has 0 heterocycles. The number of carbonyl (C=O) groups is 2. The number of anilines is 3. The van der Waals surface area contributed by atoms with E-state index in [0.29, 0.717) is 37.7 Å². The van der Waals surface area contributed by atoms with Gasteiger partial charge in [-0.2, -0.15) is 0 Å². The molecule has 0 aliphatic heterocycles. The van der Waals surface area contributed by atoms with Gasteiger partial charge in [0.2, 0.25) is 11.8 Å². The van der Waals surface area contributed by atoms with Gasteiger partial charge >= 0.3 is 0 Å². The number of hydrogen-bond donors (Lipinski definition) is 3. The maximum absolute atomic E-state index is 12.2. The van der Waals surface area contributed by atoms with E-state index in [-0.39, 0.29) is 18.4 Å². The molecular formula is C21H27N3O4. The molecule has 0 saturated carbocycles. The fourth-order valence-corrected chi connectivity index (χ4v) is 2.33. The number of rotatable bonds is 11. The molecule has 0 spiro atoms. The van der Waals surface area contributed by atoms with Gasteiger partial charge in [-0.25, -0.2) is 0 Å². The Balaban J connectivity index is 1.78. The topological polar surface area (TPSA) is 88.7 Å². The Labute approximate surface area is 165 Å². The summed E-state index contributed by atoms with van der Waals surface area (Å²) < 4.78 is 10.8. The van der Waals surface area contributed by atoms with Crippen molar-refractivity contribution in [3.8, 4) is 5.75 Å². The smallest absolute Gasteiger partial charge is 0.243 e. The van der Waals surface area contributed by atoms with Crippen LogP contribution in [0.5, 0.6) is 5.75 Å².